The van der Waals surface area contributed by atoms with E-state index in [4.69, 9.17) is 4.74 Å². The van der Waals surface area contributed by atoms with Crippen molar-refractivity contribution in [3.63, 3.8) is 0 Å². The Bertz CT molecular complexity index is 1250. The van der Waals surface area contributed by atoms with E-state index in [1.807, 2.05) is 13.0 Å². The van der Waals surface area contributed by atoms with Gasteiger partial charge >= 0.3 is 0 Å². The van der Waals surface area contributed by atoms with Crippen LogP contribution in [0.1, 0.15) is 33.9 Å². The fourth-order valence-electron chi connectivity index (χ4n) is 4.14. The van der Waals surface area contributed by atoms with Crippen molar-refractivity contribution in [1.29, 1.82) is 0 Å². The Hall–Kier alpha value is -4.13. The van der Waals surface area contributed by atoms with E-state index in [1.54, 1.807) is 56.8 Å². The highest BCUT2D eigenvalue weighted by Gasteiger charge is 2.46. The van der Waals surface area contributed by atoms with Gasteiger partial charge in [-0.1, -0.05) is 18.2 Å². The van der Waals surface area contributed by atoms with Gasteiger partial charge in [0, 0.05) is 24.5 Å². The predicted octanol–water partition coefficient (Wildman–Crippen LogP) is 4.03. The number of benzene rings is 2. The number of ketones is 1. The molecule has 2 heterocycles. The molecule has 1 aromatic heterocycles. The number of ether oxygens (including phenoxy) is 1. The number of aromatic nitrogens is 1. The number of nitrogens with zero attached hydrogens (tertiary/aromatic N) is 2. The Morgan fingerprint density at radius 1 is 1.09 bits per heavy atom. The van der Waals surface area contributed by atoms with Crippen molar-refractivity contribution in [3.8, 4) is 11.5 Å². The van der Waals surface area contributed by atoms with Gasteiger partial charge in [0.15, 0.2) is 0 Å². The Kier molecular flexibility index (Phi) is 5.87. The van der Waals surface area contributed by atoms with Crippen molar-refractivity contribution in [3.05, 3.63) is 94.3 Å². The summed E-state index contributed by atoms with van der Waals surface area (Å²) in [5.74, 6) is -0.993. The summed E-state index contributed by atoms with van der Waals surface area (Å²) in [5.41, 5.74) is 3.30. The average Bonchev–Trinajstić information content (AvgIpc) is 3.06. The molecule has 3 aromatic rings. The lowest BCUT2D eigenvalue weighted by Crippen LogP contribution is -2.29. The Labute approximate surface area is 191 Å². The molecule has 0 radical (unpaired) electrons. The summed E-state index contributed by atoms with van der Waals surface area (Å²) >= 11 is 0. The molecule has 0 aliphatic carbocycles. The zero-order valence-electron chi connectivity index (χ0n) is 18.6. The summed E-state index contributed by atoms with van der Waals surface area (Å²) in [7, 11) is 1.57. The maximum Gasteiger partial charge on any atom is 0.295 e. The minimum atomic E-state index is -0.826. The first kappa shape index (κ1) is 22.1. The van der Waals surface area contributed by atoms with Crippen LogP contribution in [0.5, 0.6) is 11.5 Å². The van der Waals surface area contributed by atoms with E-state index in [2.05, 4.69) is 4.98 Å². The lowest BCUT2D eigenvalue weighted by Gasteiger charge is -2.25. The number of aliphatic hydroxyl groups is 1. The Morgan fingerprint density at radius 3 is 2.45 bits per heavy atom. The van der Waals surface area contributed by atoms with E-state index in [1.165, 1.54) is 17.0 Å². The zero-order chi connectivity index (χ0) is 23.7. The number of aliphatic hydroxyl groups excluding tert-OH is 1. The molecule has 4 rings (SSSR count). The monoisotopic (exact) mass is 444 g/mol. The van der Waals surface area contributed by atoms with E-state index in [-0.39, 0.29) is 23.6 Å². The number of Topliss-reactive ketones (excluding diaryl/α,β-unsaturated/α-hetero) is 1. The predicted molar refractivity (Wildman–Crippen MR) is 123 cm³/mol. The summed E-state index contributed by atoms with van der Waals surface area (Å²) in [4.78, 5) is 31.8. The molecule has 7 nitrogen and oxygen atoms in total. The van der Waals surface area contributed by atoms with Crippen LogP contribution in [0.4, 0.5) is 0 Å². The number of phenols is 1. The third kappa shape index (κ3) is 4.05. The number of pyridine rings is 1. The standard InChI is InChI=1S/C26H24N2O5/c1-15-12-21(33-3)16(2)11-20(15)24(30)22-23(18-6-8-19(29)9-7-18)28(26(32)25(22)31)14-17-5-4-10-27-13-17/h4-13,23,29-30H,14H2,1-3H3/b24-22+. The van der Waals surface area contributed by atoms with Gasteiger partial charge in [0.05, 0.1) is 18.7 Å². The van der Waals surface area contributed by atoms with Crippen molar-refractivity contribution >= 4 is 17.4 Å². The third-order valence-corrected chi connectivity index (χ3v) is 5.82. The molecule has 2 aromatic carbocycles. The van der Waals surface area contributed by atoms with Crippen LogP contribution >= 0.6 is 0 Å². The van der Waals surface area contributed by atoms with Crippen LogP contribution in [-0.2, 0) is 16.1 Å². The molecule has 168 valence electrons. The molecule has 1 aliphatic heterocycles. The van der Waals surface area contributed by atoms with Gasteiger partial charge < -0.3 is 19.8 Å². The maximum absolute atomic E-state index is 13.2. The number of hydrogen-bond donors (Lipinski definition) is 2. The smallest absolute Gasteiger partial charge is 0.295 e. The van der Waals surface area contributed by atoms with Gasteiger partial charge in [-0.15, -0.1) is 0 Å². The summed E-state index contributed by atoms with van der Waals surface area (Å²) in [6, 6.07) is 12.5. The summed E-state index contributed by atoms with van der Waals surface area (Å²) < 4.78 is 5.35. The molecule has 1 atom stereocenters. The SMILES string of the molecule is COc1cc(C)c(/C(O)=C2\C(=O)C(=O)N(Cc3cccnc3)C2c2ccc(O)cc2)cc1C. The van der Waals surface area contributed by atoms with Gasteiger partial charge in [0.25, 0.3) is 11.7 Å². The minimum Gasteiger partial charge on any atom is -0.508 e. The minimum absolute atomic E-state index is 0.00208. The number of likely N-dealkylation sites (tertiary alicyclic amines) is 1. The maximum atomic E-state index is 13.2. The highest BCUT2D eigenvalue weighted by atomic mass is 16.5. The Balaban J connectivity index is 1.89. The summed E-state index contributed by atoms with van der Waals surface area (Å²) in [6.07, 6.45) is 3.26. The first-order valence-corrected chi connectivity index (χ1v) is 10.4. The number of methoxy groups -OCH3 is 1. The summed E-state index contributed by atoms with van der Waals surface area (Å²) in [6.45, 7) is 3.78. The van der Waals surface area contributed by atoms with Crippen LogP contribution in [0.2, 0.25) is 0 Å². The lowest BCUT2D eigenvalue weighted by molar-refractivity contribution is -0.140. The van der Waals surface area contributed by atoms with Crippen LogP contribution < -0.4 is 4.74 Å². The van der Waals surface area contributed by atoms with E-state index in [0.29, 0.717) is 22.4 Å². The second-order valence-electron chi connectivity index (χ2n) is 8.02. The molecule has 0 spiro atoms. The number of hydrogen-bond acceptors (Lipinski definition) is 6. The zero-order valence-corrected chi connectivity index (χ0v) is 18.6. The molecule has 1 fully saturated rings. The normalized spacial score (nSPS) is 17.4. The quantitative estimate of drug-likeness (QED) is 0.350. The molecule has 1 aliphatic rings. The molecule has 2 N–H and O–H groups in total. The first-order valence-electron chi connectivity index (χ1n) is 10.4. The van der Waals surface area contributed by atoms with Gasteiger partial charge in [-0.2, -0.15) is 0 Å². The molecule has 1 unspecified atom stereocenters. The van der Waals surface area contributed by atoms with Gasteiger partial charge in [-0.05, 0) is 66.4 Å². The van der Waals surface area contributed by atoms with E-state index < -0.39 is 17.7 Å². The highest BCUT2D eigenvalue weighted by molar-refractivity contribution is 6.46. The van der Waals surface area contributed by atoms with Gasteiger partial charge in [0.1, 0.15) is 17.3 Å². The van der Waals surface area contributed by atoms with Crippen molar-refractivity contribution in [2.75, 3.05) is 7.11 Å². The van der Waals surface area contributed by atoms with Crippen LogP contribution in [0.25, 0.3) is 5.76 Å². The van der Waals surface area contributed by atoms with Crippen LogP contribution in [-0.4, -0.2) is 38.9 Å². The number of aromatic hydroxyl groups is 1. The average molecular weight is 444 g/mol. The molecule has 33 heavy (non-hydrogen) atoms. The van der Waals surface area contributed by atoms with E-state index in [0.717, 1.165) is 11.1 Å². The topological polar surface area (TPSA) is 100.0 Å². The van der Waals surface area contributed by atoms with Crippen molar-refractivity contribution in [1.82, 2.24) is 9.88 Å². The molecule has 0 bridgehead atoms. The van der Waals surface area contributed by atoms with E-state index in [9.17, 15) is 19.8 Å². The fourth-order valence-corrected chi connectivity index (χ4v) is 4.14. The molecule has 7 heteroatoms. The number of phenolic OH excluding ortho intramolecular Hbond substituents is 1. The summed E-state index contributed by atoms with van der Waals surface area (Å²) in [5, 5.41) is 21.1. The lowest BCUT2D eigenvalue weighted by atomic mass is 9.93. The van der Waals surface area contributed by atoms with Crippen LogP contribution in [0, 0.1) is 13.8 Å². The second-order valence-corrected chi connectivity index (χ2v) is 8.02. The van der Waals surface area contributed by atoms with Gasteiger partial charge in [-0.25, -0.2) is 0 Å². The molecule has 1 amide bonds. The Morgan fingerprint density at radius 2 is 1.82 bits per heavy atom. The fraction of sp³-hybridized carbons (Fsp3) is 0.192. The molecular weight excluding hydrogens is 420 g/mol. The van der Waals surface area contributed by atoms with Crippen molar-refractivity contribution in [2.45, 2.75) is 26.4 Å². The third-order valence-electron chi connectivity index (χ3n) is 5.82. The highest BCUT2D eigenvalue weighted by Crippen LogP contribution is 2.41. The number of carbonyl (C=O) groups is 2. The number of aryl methyl sites for hydroxylation is 2. The second kappa shape index (κ2) is 8.78. The van der Waals surface area contributed by atoms with E-state index >= 15 is 0 Å². The van der Waals surface area contributed by atoms with Crippen LogP contribution in [0.15, 0.2) is 66.5 Å². The number of carbonyl (C=O) groups excluding carboxylic acids is 2. The number of rotatable bonds is 5. The van der Waals surface area contributed by atoms with Crippen molar-refractivity contribution in [2.24, 2.45) is 0 Å². The number of amides is 1. The molecule has 1 saturated heterocycles. The van der Waals surface area contributed by atoms with Crippen LogP contribution in [0.3, 0.4) is 0 Å². The molecule has 0 saturated carbocycles. The largest absolute Gasteiger partial charge is 0.508 e. The first-order chi connectivity index (χ1) is 15.8. The molecular formula is C26H24N2O5. The van der Waals surface area contributed by atoms with Gasteiger partial charge in [-0.3, -0.25) is 14.6 Å². The van der Waals surface area contributed by atoms with Crippen molar-refractivity contribution < 1.29 is 24.5 Å². The van der Waals surface area contributed by atoms with Gasteiger partial charge in [0.2, 0.25) is 0 Å².